The van der Waals surface area contributed by atoms with Gasteiger partial charge in [-0.15, -0.1) is 10.0 Å². The van der Waals surface area contributed by atoms with Gasteiger partial charge in [0.15, 0.2) is 0 Å². The van der Waals surface area contributed by atoms with Crippen LogP contribution in [0.25, 0.3) is 27.6 Å². The van der Waals surface area contributed by atoms with Crippen LogP contribution in [0.2, 0.25) is 0 Å². The number of fused-ring (bicyclic) bond motifs is 8. The number of hydrogen-bond acceptors (Lipinski definition) is 1. The van der Waals surface area contributed by atoms with Crippen molar-refractivity contribution in [3.8, 4) is 11.8 Å². The maximum atomic E-state index is 3.71. The van der Waals surface area contributed by atoms with Gasteiger partial charge in [0.05, 0.1) is 0 Å². The molecular weight excluding hydrogens is 603 g/mol. The smallest absolute Gasteiger partial charge is 0.135 e. The van der Waals surface area contributed by atoms with Crippen LogP contribution >= 0.6 is 21.8 Å². The van der Waals surface area contributed by atoms with E-state index in [4.69, 9.17) is 0 Å². The van der Waals surface area contributed by atoms with Gasteiger partial charge in [-0.05, 0) is 80.5 Å². The predicted octanol–water partition coefficient (Wildman–Crippen LogP) is 10.4. The van der Waals surface area contributed by atoms with E-state index in [-0.39, 0.29) is 6.71 Å². The van der Waals surface area contributed by atoms with Gasteiger partial charge < -0.3 is 0 Å². The first-order valence-electron chi connectivity index (χ1n) is 16.6. The molecular formula is C44H31BS2. The lowest BCUT2D eigenvalue weighted by Gasteiger charge is -2.52. The fraction of sp³-hybridized carbons (Fsp3) is 0.0909. The predicted molar refractivity (Wildman–Crippen MR) is 204 cm³/mol. The van der Waals surface area contributed by atoms with E-state index in [0.717, 1.165) is 19.3 Å². The molecule has 0 fully saturated rings. The first-order chi connectivity index (χ1) is 23.2. The third-order valence-electron chi connectivity index (χ3n) is 10.5. The van der Waals surface area contributed by atoms with Crippen LogP contribution in [0, 0.1) is 18.8 Å². The molecule has 6 aromatic carbocycles. The van der Waals surface area contributed by atoms with E-state index >= 15 is 0 Å². The minimum absolute atomic E-state index is 0.156. The first-order valence-corrected chi connectivity index (χ1v) is 19.0. The zero-order valence-electron chi connectivity index (χ0n) is 26.2. The molecule has 0 saturated carbocycles. The van der Waals surface area contributed by atoms with Gasteiger partial charge in [-0.2, -0.15) is 0 Å². The van der Waals surface area contributed by atoms with Crippen molar-refractivity contribution in [2.24, 2.45) is 0 Å². The van der Waals surface area contributed by atoms with Gasteiger partial charge >= 0.3 is 0 Å². The van der Waals surface area contributed by atoms with Gasteiger partial charge in [0.2, 0.25) is 6.71 Å². The zero-order valence-corrected chi connectivity index (χ0v) is 27.8. The average molecular weight is 635 g/mol. The van der Waals surface area contributed by atoms with E-state index in [1.807, 2.05) is 11.8 Å². The number of rotatable bonds is 2. The molecule has 0 N–H and O–H groups in total. The number of hydrogen-bond donors (Lipinski definition) is 0. The summed E-state index contributed by atoms with van der Waals surface area (Å²) in [5.41, 5.74) is 8.59. The van der Waals surface area contributed by atoms with Crippen LogP contribution in [0.15, 0.2) is 162 Å². The number of benzene rings is 6. The summed E-state index contributed by atoms with van der Waals surface area (Å²) in [5.74, 6) is 7.25. The SMILES string of the molecule is Cc1cccc2c1SC1=CC#CCC3=C1B2c1ccc2ccccc2c1S3(c1cccc2c1CCC=C2)c1cccc2ccccc12. The molecule has 0 radical (unpaired) electrons. The topological polar surface area (TPSA) is 0 Å². The van der Waals surface area contributed by atoms with Crippen molar-refractivity contribution >= 4 is 67.0 Å². The van der Waals surface area contributed by atoms with Crippen LogP contribution in [0.3, 0.4) is 0 Å². The normalized spacial score (nSPS) is 20.2. The van der Waals surface area contributed by atoms with Gasteiger partial charge in [-0.1, -0.05) is 150 Å². The molecule has 47 heavy (non-hydrogen) atoms. The van der Waals surface area contributed by atoms with E-state index in [0.29, 0.717) is 0 Å². The maximum absolute atomic E-state index is 3.71. The Morgan fingerprint density at radius 3 is 2.40 bits per heavy atom. The highest BCUT2D eigenvalue weighted by molar-refractivity contribution is 8.37. The van der Waals surface area contributed by atoms with Crippen molar-refractivity contribution < 1.29 is 0 Å². The molecule has 0 aromatic heterocycles. The van der Waals surface area contributed by atoms with Crippen LogP contribution in [-0.2, 0) is 6.42 Å². The summed E-state index contributed by atoms with van der Waals surface area (Å²) < 4.78 is 0. The molecule has 4 aliphatic rings. The maximum Gasteiger partial charge on any atom is 0.246 e. The van der Waals surface area contributed by atoms with Crippen molar-refractivity contribution in [2.45, 2.75) is 45.8 Å². The standard InChI is InChI=1S/C44H31BS2/c1-29-13-10-22-36-43(29)46-38-23-8-9-24-41-42(38)45(36)37-28-27-32-16-4-7-21-35(32)44(37)47(41,39-25-11-17-30-14-2-5-19-33(30)39)40-26-12-18-31-15-3-6-20-34(31)40/h2-5,7,10-19,21-23,25-28H,6,20,24H2,1H3. The van der Waals surface area contributed by atoms with Crippen molar-refractivity contribution in [3.05, 3.63) is 159 Å². The zero-order chi connectivity index (χ0) is 31.1. The Kier molecular flexibility index (Phi) is 6.11. The Labute approximate surface area is 282 Å². The fourth-order valence-electron chi connectivity index (χ4n) is 8.60. The molecule has 1 atom stereocenters. The quantitative estimate of drug-likeness (QED) is 0.135. The highest BCUT2D eigenvalue weighted by atomic mass is 32.3. The largest absolute Gasteiger partial charge is 0.246 e. The third-order valence-corrected chi connectivity index (χ3v) is 16.1. The molecule has 2 heterocycles. The molecule has 0 bridgehead atoms. The van der Waals surface area contributed by atoms with Gasteiger partial charge in [0.25, 0.3) is 0 Å². The van der Waals surface area contributed by atoms with Gasteiger partial charge in [0, 0.05) is 37.0 Å². The fourth-order valence-corrected chi connectivity index (χ4v) is 14.9. The Balaban J connectivity index is 1.49. The molecule has 222 valence electrons. The molecule has 6 aromatic rings. The Bertz CT molecular complexity index is 2500. The summed E-state index contributed by atoms with van der Waals surface area (Å²) >= 11 is 1.94. The van der Waals surface area contributed by atoms with E-state index < -0.39 is 10.0 Å². The molecule has 0 spiro atoms. The molecule has 1 unspecified atom stereocenters. The second-order valence-corrected chi connectivity index (χ2v) is 17.0. The van der Waals surface area contributed by atoms with Gasteiger partial charge in [0.1, 0.15) is 0 Å². The lowest BCUT2D eigenvalue weighted by atomic mass is 9.35. The summed E-state index contributed by atoms with van der Waals surface area (Å²) in [7, 11) is -2.00. The Morgan fingerprint density at radius 1 is 0.723 bits per heavy atom. The van der Waals surface area contributed by atoms with Crippen LogP contribution in [0.5, 0.6) is 0 Å². The van der Waals surface area contributed by atoms with Crippen molar-refractivity contribution in [1.29, 1.82) is 0 Å². The third kappa shape index (κ3) is 3.78. The average Bonchev–Trinajstić information content (AvgIpc) is 3.35. The minimum Gasteiger partial charge on any atom is -0.135 e. The first kappa shape index (κ1) is 27.5. The van der Waals surface area contributed by atoms with E-state index in [1.165, 1.54) is 84.0 Å². The summed E-state index contributed by atoms with van der Waals surface area (Å²) in [4.78, 5) is 8.71. The lowest BCUT2D eigenvalue weighted by molar-refractivity contribution is 0.949. The minimum atomic E-state index is -2.00. The van der Waals surface area contributed by atoms with E-state index in [9.17, 15) is 0 Å². The van der Waals surface area contributed by atoms with E-state index in [2.05, 4.69) is 152 Å². The molecule has 2 aliphatic heterocycles. The van der Waals surface area contributed by atoms with Crippen LogP contribution in [-0.4, -0.2) is 6.71 Å². The molecule has 0 amide bonds. The van der Waals surface area contributed by atoms with Crippen LogP contribution < -0.4 is 10.9 Å². The number of allylic oxidation sites excluding steroid dienone is 4. The second-order valence-electron chi connectivity index (χ2n) is 12.9. The van der Waals surface area contributed by atoms with Crippen molar-refractivity contribution in [3.63, 3.8) is 0 Å². The highest BCUT2D eigenvalue weighted by Gasteiger charge is 2.51. The van der Waals surface area contributed by atoms with Gasteiger partial charge in [-0.3, -0.25) is 0 Å². The molecule has 2 aliphatic carbocycles. The van der Waals surface area contributed by atoms with Crippen molar-refractivity contribution in [2.75, 3.05) is 0 Å². The van der Waals surface area contributed by atoms with Crippen LogP contribution in [0.1, 0.15) is 29.5 Å². The highest BCUT2D eigenvalue weighted by Crippen LogP contribution is 2.79. The summed E-state index contributed by atoms with van der Waals surface area (Å²) in [6.45, 7) is 2.42. The Hall–Kier alpha value is -4.62. The number of thioether (sulfide) groups is 1. The van der Waals surface area contributed by atoms with Crippen LogP contribution in [0.4, 0.5) is 0 Å². The monoisotopic (exact) mass is 634 g/mol. The molecule has 10 rings (SSSR count). The van der Waals surface area contributed by atoms with Crippen molar-refractivity contribution in [1.82, 2.24) is 0 Å². The number of aryl methyl sites for hydroxylation is 1. The molecule has 0 saturated heterocycles. The summed E-state index contributed by atoms with van der Waals surface area (Å²) in [6.07, 6.45) is 9.83. The molecule has 3 heteroatoms. The lowest BCUT2D eigenvalue weighted by Crippen LogP contribution is -2.52. The molecule has 0 nitrogen and oxygen atoms in total. The summed E-state index contributed by atoms with van der Waals surface area (Å²) in [6, 6.07) is 44.2. The second kappa shape index (κ2) is 10.4. The Morgan fingerprint density at radius 2 is 1.49 bits per heavy atom. The van der Waals surface area contributed by atoms with E-state index in [1.54, 1.807) is 0 Å². The van der Waals surface area contributed by atoms with Gasteiger partial charge in [-0.25, -0.2) is 0 Å². The summed E-state index contributed by atoms with van der Waals surface area (Å²) in [5, 5.41) is 5.33.